The molecule has 0 radical (unpaired) electrons. The number of rotatable bonds is 10. The van der Waals surface area contributed by atoms with E-state index in [0.29, 0.717) is 0 Å². The van der Waals surface area contributed by atoms with Crippen LogP contribution in [0.25, 0.3) is 16.7 Å². The number of nitrogens with zero attached hydrogens (tertiary/aromatic N) is 6. The van der Waals surface area contributed by atoms with Crippen LogP contribution in [0.15, 0.2) is 337 Å². The van der Waals surface area contributed by atoms with Crippen molar-refractivity contribution in [3.63, 3.8) is 0 Å². The van der Waals surface area contributed by atoms with Gasteiger partial charge in [0.05, 0.1) is 11.4 Å². The first-order valence-corrected chi connectivity index (χ1v) is 32.6. The maximum Gasteiger partial charge on any atom is 0.257 e. The second kappa shape index (κ2) is 21.1. The minimum absolute atomic E-state index is 0.212. The lowest BCUT2D eigenvalue weighted by atomic mass is 9.29. The summed E-state index contributed by atoms with van der Waals surface area (Å²) in [6.45, 7) is 4.43. The van der Waals surface area contributed by atoms with E-state index in [1.54, 1.807) is 0 Å². The third-order valence-electron chi connectivity index (χ3n) is 20.1. The fraction of sp³-hybridized carbons (Fsp3) is 0.0353. The molecule has 0 spiro atoms. The van der Waals surface area contributed by atoms with Crippen LogP contribution in [0.2, 0.25) is 0 Å². The van der Waals surface area contributed by atoms with Crippen LogP contribution in [0.1, 0.15) is 25.0 Å². The number of hydrogen-bond acceptors (Lipinski definition) is 7. The number of para-hydroxylation sites is 9. The van der Waals surface area contributed by atoms with Crippen LogP contribution in [-0.4, -0.2) is 13.4 Å². The van der Waals surface area contributed by atoms with Crippen LogP contribution in [0.3, 0.4) is 0 Å². The lowest BCUT2D eigenvalue weighted by molar-refractivity contribution is 0.623. The second-order valence-electron chi connectivity index (χ2n) is 25.6. The first kappa shape index (κ1) is 53.9. The van der Waals surface area contributed by atoms with Gasteiger partial charge in [0.1, 0.15) is 5.58 Å². The van der Waals surface area contributed by atoms with Crippen molar-refractivity contribution in [3.05, 3.63) is 344 Å². The van der Waals surface area contributed by atoms with E-state index in [0.717, 1.165) is 113 Å². The minimum atomic E-state index is -0.414. The van der Waals surface area contributed by atoms with Crippen LogP contribution < -0.4 is 56.7 Å². The van der Waals surface area contributed by atoms with E-state index < -0.39 is 5.41 Å². The number of benzene rings is 13. The molecule has 13 aromatic carbocycles. The molecule has 14 aromatic rings. The summed E-state index contributed by atoms with van der Waals surface area (Å²) in [5.41, 5.74) is 28.9. The molecule has 442 valence electrons. The van der Waals surface area contributed by atoms with E-state index >= 15 is 0 Å². The number of anilines is 17. The minimum Gasteiger partial charge on any atom is -0.440 e. The zero-order valence-corrected chi connectivity index (χ0v) is 51.9. The molecular weight excluding hydrogens is 1140 g/mol. The van der Waals surface area contributed by atoms with Crippen LogP contribution in [-0.2, 0) is 5.41 Å². The average Bonchev–Trinajstić information content (AvgIpc) is 1.28. The Morgan fingerprint density at radius 1 is 0.309 bits per heavy atom. The Hall–Kier alpha value is -11.9. The van der Waals surface area contributed by atoms with Gasteiger partial charge in [0.15, 0.2) is 0 Å². The lowest BCUT2D eigenvalue weighted by Crippen LogP contribution is -2.63. The van der Waals surface area contributed by atoms with Crippen molar-refractivity contribution < 1.29 is 4.42 Å². The Labute approximate surface area is 548 Å². The molecule has 1 aromatic heterocycles. The molecule has 0 saturated heterocycles. The lowest BCUT2D eigenvalue weighted by Gasteiger charge is -2.48. The smallest absolute Gasteiger partial charge is 0.257 e. The molecule has 5 heterocycles. The number of allylic oxidation sites excluding steroid dienone is 1. The molecular formula is C85H60B2N6O. The highest BCUT2D eigenvalue weighted by Gasteiger charge is 2.55. The maximum absolute atomic E-state index is 7.44. The average molecular weight is 1200 g/mol. The zero-order chi connectivity index (χ0) is 62.2. The predicted molar refractivity (Wildman–Crippen MR) is 394 cm³/mol. The summed E-state index contributed by atoms with van der Waals surface area (Å²) >= 11 is 0. The Kier molecular flexibility index (Phi) is 12.1. The molecule has 4 aliphatic heterocycles. The van der Waals surface area contributed by atoms with E-state index in [4.69, 9.17) is 4.42 Å². The molecule has 19 rings (SSSR count). The molecule has 5 aliphatic rings. The molecule has 9 heteroatoms. The normalized spacial score (nSPS) is 14.2. The van der Waals surface area contributed by atoms with Crippen LogP contribution in [0.5, 0.6) is 0 Å². The summed E-state index contributed by atoms with van der Waals surface area (Å²) in [5, 5.41) is 1.09. The van der Waals surface area contributed by atoms with Crippen molar-refractivity contribution >= 4 is 154 Å². The quantitative estimate of drug-likeness (QED) is 0.126. The van der Waals surface area contributed by atoms with Gasteiger partial charge in [0.25, 0.3) is 6.71 Å². The maximum atomic E-state index is 7.44. The number of furan rings is 1. The summed E-state index contributed by atoms with van der Waals surface area (Å²) in [6, 6.07) is 120. The molecule has 0 unspecified atom stereocenters. The van der Waals surface area contributed by atoms with Gasteiger partial charge in [-0.05, 0) is 167 Å². The third kappa shape index (κ3) is 8.01. The van der Waals surface area contributed by atoms with Crippen molar-refractivity contribution in [1.29, 1.82) is 0 Å². The first-order chi connectivity index (χ1) is 46.5. The molecule has 7 nitrogen and oxygen atoms in total. The monoisotopic (exact) mass is 1200 g/mol. The van der Waals surface area contributed by atoms with E-state index in [9.17, 15) is 0 Å². The van der Waals surface area contributed by atoms with Gasteiger partial charge in [-0.3, -0.25) is 4.90 Å². The number of hydrogen-bond donors (Lipinski definition) is 0. The van der Waals surface area contributed by atoms with Crippen molar-refractivity contribution in [2.45, 2.75) is 19.3 Å². The first-order valence-electron chi connectivity index (χ1n) is 32.6. The summed E-state index contributed by atoms with van der Waals surface area (Å²) in [7, 11) is 0. The van der Waals surface area contributed by atoms with Crippen LogP contribution in [0.4, 0.5) is 96.9 Å². The summed E-state index contributed by atoms with van der Waals surface area (Å²) in [5.74, 6) is 0.811. The predicted octanol–water partition coefficient (Wildman–Crippen LogP) is 19.2. The molecule has 0 N–H and O–H groups in total. The van der Waals surface area contributed by atoms with Gasteiger partial charge < -0.3 is 28.9 Å². The Bertz CT molecular complexity index is 5250. The molecule has 0 bridgehead atoms. The van der Waals surface area contributed by atoms with E-state index in [-0.39, 0.29) is 13.4 Å². The topological polar surface area (TPSA) is 32.6 Å². The third-order valence-corrected chi connectivity index (χ3v) is 20.1. The van der Waals surface area contributed by atoms with Gasteiger partial charge in [0, 0.05) is 107 Å². The number of fused-ring (bicyclic) bond motifs is 11. The summed E-state index contributed by atoms with van der Waals surface area (Å²) in [6.07, 6.45) is 0. The molecule has 0 atom stereocenters. The van der Waals surface area contributed by atoms with E-state index in [2.05, 4.69) is 371 Å². The van der Waals surface area contributed by atoms with Crippen LogP contribution >= 0.6 is 0 Å². The van der Waals surface area contributed by atoms with Crippen molar-refractivity contribution in [2.24, 2.45) is 0 Å². The highest BCUT2D eigenvalue weighted by atomic mass is 16.4. The van der Waals surface area contributed by atoms with Crippen molar-refractivity contribution in [1.82, 2.24) is 0 Å². The van der Waals surface area contributed by atoms with Crippen molar-refractivity contribution in [2.75, 3.05) is 29.4 Å². The fourth-order valence-electron chi connectivity index (χ4n) is 16.3. The molecule has 0 fully saturated rings. The van der Waals surface area contributed by atoms with E-state index in [1.165, 1.54) is 44.1 Å². The largest absolute Gasteiger partial charge is 0.440 e. The van der Waals surface area contributed by atoms with Gasteiger partial charge in [-0.25, -0.2) is 0 Å². The Morgan fingerprint density at radius 2 is 0.660 bits per heavy atom. The summed E-state index contributed by atoms with van der Waals surface area (Å²) < 4.78 is 7.44. The second-order valence-corrected chi connectivity index (χ2v) is 25.6. The van der Waals surface area contributed by atoms with Gasteiger partial charge in [0.2, 0.25) is 12.6 Å². The Morgan fingerprint density at radius 3 is 1.13 bits per heavy atom. The van der Waals surface area contributed by atoms with E-state index in [1.807, 2.05) is 0 Å². The SMILES string of the molecule is CC1(C)C2=C(c3ccccc31)N(c1ccccc1)c1cc(N(c3ccccc3)c3ccccc3)cc3c1B2c1cc2c(cc1N3c1ccccc1)B1c3c(cc(N(c4ccccc4)c4ccccc4)cc3N(c3ccccc3)c3oc4ccccc4c31)N2c1ccccc1. The molecule has 1 aliphatic carbocycles. The standard InChI is InChI=1S/C85H60B2N6O/c1-85(2)69-49-29-27-47-67(69)82-83(85)87-71-56-72-70(55-73(71)91(62-41-21-8-22-42-62)75-52-65(53-76(81(75)87)92(82)63-43-23-9-24-44-63)88(57-31-11-3-12-32-57)58-33-13-4-14-34-58)86-79-68-48-28-30-50-78(68)94-84(79)93(64-45-25-10-26-46-64)77-54-66(51-74(80(77)86)90(72)61-39-19-7-20-40-61)89(59-35-15-5-16-36-59)60-37-17-6-18-38-60/h3-56H,1-2H3. The van der Waals surface area contributed by atoms with Gasteiger partial charge >= 0.3 is 0 Å². The van der Waals surface area contributed by atoms with Gasteiger partial charge in [-0.2, -0.15) is 0 Å². The Balaban J connectivity index is 0.970. The van der Waals surface area contributed by atoms with Crippen LogP contribution in [0, 0.1) is 0 Å². The van der Waals surface area contributed by atoms with Gasteiger partial charge in [-0.15, -0.1) is 0 Å². The molecule has 94 heavy (non-hydrogen) atoms. The molecule has 0 amide bonds. The highest BCUT2D eigenvalue weighted by Crippen LogP contribution is 2.58. The fourth-order valence-corrected chi connectivity index (χ4v) is 16.3. The molecule has 0 saturated carbocycles. The highest BCUT2D eigenvalue weighted by molar-refractivity contribution is 7.02. The summed E-state index contributed by atoms with van der Waals surface area (Å²) in [4.78, 5) is 15.0. The van der Waals surface area contributed by atoms with Crippen molar-refractivity contribution in [3.8, 4) is 0 Å². The van der Waals surface area contributed by atoms with Gasteiger partial charge in [-0.1, -0.05) is 207 Å². The zero-order valence-electron chi connectivity index (χ0n) is 51.9.